The fourth-order valence-corrected chi connectivity index (χ4v) is 3.18. The predicted octanol–water partition coefficient (Wildman–Crippen LogP) is 6.49. The molecule has 0 atom stereocenters. The number of rotatable bonds is 4. The summed E-state index contributed by atoms with van der Waals surface area (Å²) >= 11 is 0. The zero-order valence-electron chi connectivity index (χ0n) is 16.9. The average molecular weight is 506 g/mol. The van der Waals surface area contributed by atoms with Gasteiger partial charge >= 0.3 is 24.2 Å². The Balaban J connectivity index is 2.77. The Morgan fingerprint density at radius 3 is 1.88 bits per heavy atom. The van der Waals surface area contributed by atoms with Crippen molar-refractivity contribution < 1.29 is 53.6 Å². The standard InChI is InChI=1S/C19H12F10N2O3/c1-9-6-11(16(20,18(24,25)26)19(27,28)29)8-13(17(21,22)23)14(9)30(2)15(32)10-4-3-5-12(7-10)31(33)34/h3-8H,1-2H3. The molecule has 0 heterocycles. The van der Waals surface area contributed by atoms with E-state index in [4.69, 9.17) is 0 Å². The van der Waals surface area contributed by atoms with Crippen molar-refractivity contribution in [2.24, 2.45) is 0 Å². The SMILES string of the molecule is Cc1cc(C(F)(C(F)(F)F)C(F)(F)F)cc(C(F)(F)F)c1N(C)C(=O)c1cccc([N+](=O)[O-])c1. The number of nitro groups is 1. The summed E-state index contributed by atoms with van der Waals surface area (Å²) in [6.45, 7) is 0.651. The number of non-ortho nitro benzene ring substituents is 1. The molecule has 2 aromatic carbocycles. The van der Waals surface area contributed by atoms with Gasteiger partial charge in [0.05, 0.1) is 16.2 Å². The van der Waals surface area contributed by atoms with Gasteiger partial charge in [0.15, 0.2) is 0 Å². The maximum Gasteiger partial charge on any atom is 0.435 e. The molecule has 0 saturated heterocycles. The normalized spacial score (nSPS) is 13.1. The first kappa shape index (κ1) is 26.9. The zero-order valence-corrected chi connectivity index (χ0v) is 16.9. The van der Waals surface area contributed by atoms with Gasteiger partial charge in [0, 0.05) is 30.3 Å². The average Bonchev–Trinajstić information content (AvgIpc) is 2.69. The highest BCUT2D eigenvalue weighted by Gasteiger charge is 2.73. The van der Waals surface area contributed by atoms with Gasteiger partial charge in [-0.15, -0.1) is 0 Å². The van der Waals surface area contributed by atoms with Crippen LogP contribution in [0.1, 0.15) is 27.0 Å². The summed E-state index contributed by atoms with van der Waals surface area (Å²) in [5, 5.41) is 10.9. The number of nitro benzene ring substituents is 1. The van der Waals surface area contributed by atoms with Crippen molar-refractivity contribution in [3.63, 3.8) is 0 Å². The topological polar surface area (TPSA) is 63.5 Å². The molecule has 0 fully saturated rings. The Morgan fingerprint density at radius 2 is 1.44 bits per heavy atom. The molecule has 0 unspecified atom stereocenters. The molecule has 0 N–H and O–H groups in total. The molecular formula is C19H12F10N2O3. The number of benzene rings is 2. The van der Waals surface area contributed by atoms with Gasteiger partial charge in [-0.1, -0.05) is 12.1 Å². The fraction of sp³-hybridized carbons (Fsp3) is 0.316. The molecule has 5 nitrogen and oxygen atoms in total. The lowest BCUT2D eigenvalue weighted by molar-refractivity contribution is -0.384. The van der Waals surface area contributed by atoms with E-state index in [0.717, 1.165) is 18.2 Å². The predicted molar refractivity (Wildman–Crippen MR) is 96.9 cm³/mol. The molecule has 2 rings (SSSR count). The summed E-state index contributed by atoms with van der Waals surface area (Å²) in [6.07, 6.45) is -18.9. The van der Waals surface area contributed by atoms with Crippen molar-refractivity contribution >= 4 is 17.3 Å². The highest BCUT2D eigenvalue weighted by atomic mass is 19.4. The minimum atomic E-state index is -6.66. The van der Waals surface area contributed by atoms with Crippen LogP contribution in [-0.4, -0.2) is 30.2 Å². The molecular weight excluding hydrogens is 494 g/mol. The second kappa shape index (κ2) is 8.43. The number of hydrogen-bond donors (Lipinski definition) is 0. The van der Waals surface area contributed by atoms with Crippen LogP contribution in [0.4, 0.5) is 55.3 Å². The third-order valence-electron chi connectivity index (χ3n) is 4.73. The van der Waals surface area contributed by atoms with Gasteiger partial charge in [-0.05, 0) is 24.6 Å². The van der Waals surface area contributed by atoms with Crippen LogP contribution in [0.25, 0.3) is 0 Å². The first-order valence-electron chi connectivity index (χ1n) is 8.80. The second-order valence-electron chi connectivity index (χ2n) is 7.01. The summed E-state index contributed by atoms with van der Waals surface area (Å²) < 4.78 is 134. The molecule has 34 heavy (non-hydrogen) atoms. The lowest BCUT2D eigenvalue weighted by Crippen LogP contribution is -2.50. The number of carbonyl (C=O) groups is 1. The van der Waals surface area contributed by atoms with E-state index in [0.29, 0.717) is 20.0 Å². The third-order valence-corrected chi connectivity index (χ3v) is 4.73. The number of alkyl halides is 10. The van der Waals surface area contributed by atoms with Crippen LogP contribution in [0, 0.1) is 17.0 Å². The fourth-order valence-electron chi connectivity index (χ4n) is 3.18. The molecule has 1 amide bonds. The third kappa shape index (κ3) is 4.63. The van der Waals surface area contributed by atoms with Gasteiger partial charge in [0.2, 0.25) is 0 Å². The van der Waals surface area contributed by atoms with Crippen molar-refractivity contribution in [3.8, 4) is 0 Å². The molecule has 0 aliphatic heterocycles. The molecule has 0 saturated carbocycles. The number of anilines is 1. The van der Waals surface area contributed by atoms with Gasteiger partial charge < -0.3 is 4.90 Å². The van der Waals surface area contributed by atoms with E-state index in [1.807, 2.05) is 0 Å². The van der Waals surface area contributed by atoms with Crippen molar-refractivity contribution in [2.75, 3.05) is 11.9 Å². The van der Waals surface area contributed by atoms with Gasteiger partial charge in [0.25, 0.3) is 11.6 Å². The number of aryl methyl sites for hydroxylation is 1. The molecule has 0 aliphatic rings. The smallest absolute Gasteiger partial charge is 0.311 e. The van der Waals surface area contributed by atoms with Gasteiger partial charge in [-0.25, -0.2) is 4.39 Å². The Morgan fingerprint density at radius 1 is 0.912 bits per heavy atom. The maximum absolute atomic E-state index is 14.4. The summed E-state index contributed by atoms with van der Waals surface area (Å²) in [4.78, 5) is 22.8. The molecule has 0 aliphatic carbocycles. The summed E-state index contributed by atoms with van der Waals surface area (Å²) in [5.74, 6) is -1.30. The number of amides is 1. The van der Waals surface area contributed by atoms with E-state index in [1.165, 1.54) is 0 Å². The van der Waals surface area contributed by atoms with E-state index in [-0.39, 0.29) is 11.0 Å². The van der Waals surface area contributed by atoms with Crippen molar-refractivity contribution in [3.05, 3.63) is 68.8 Å². The quantitative estimate of drug-likeness (QED) is 0.271. The van der Waals surface area contributed by atoms with Crippen molar-refractivity contribution in [2.45, 2.75) is 31.1 Å². The Hall–Kier alpha value is -3.39. The zero-order chi connectivity index (χ0) is 26.4. The molecule has 15 heteroatoms. The number of hydrogen-bond acceptors (Lipinski definition) is 3. The lowest BCUT2D eigenvalue weighted by Gasteiger charge is -2.32. The van der Waals surface area contributed by atoms with Gasteiger partial charge in [0.1, 0.15) is 0 Å². The minimum Gasteiger partial charge on any atom is -0.311 e. The van der Waals surface area contributed by atoms with Crippen LogP contribution in [-0.2, 0) is 11.8 Å². The Kier molecular flexibility index (Phi) is 6.66. The first-order valence-corrected chi connectivity index (χ1v) is 8.80. The van der Waals surface area contributed by atoms with Crippen LogP contribution in [0.3, 0.4) is 0 Å². The van der Waals surface area contributed by atoms with E-state index in [2.05, 4.69) is 0 Å². The summed E-state index contributed by atoms with van der Waals surface area (Å²) in [7, 11) is 0.717. The van der Waals surface area contributed by atoms with Gasteiger partial charge in [-0.2, -0.15) is 39.5 Å². The molecule has 186 valence electrons. The molecule has 2 aromatic rings. The van der Waals surface area contributed by atoms with E-state index in [9.17, 15) is 58.8 Å². The van der Waals surface area contributed by atoms with E-state index in [1.54, 1.807) is 0 Å². The van der Waals surface area contributed by atoms with E-state index >= 15 is 0 Å². The van der Waals surface area contributed by atoms with Crippen LogP contribution in [0.15, 0.2) is 36.4 Å². The van der Waals surface area contributed by atoms with Crippen molar-refractivity contribution in [1.82, 2.24) is 0 Å². The van der Waals surface area contributed by atoms with Crippen LogP contribution in [0.2, 0.25) is 0 Å². The monoisotopic (exact) mass is 506 g/mol. The Labute approximate surface area is 183 Å². The minimum absolute atomic E-state index is 0.0945. The van der Waals surface area contributed by atoms with Crippen LogP contribution in [0.5, 0.6) is 0 Å². The lowest BCUT2D eigenvalue weighted by atomic mass is 9.89. The summed E-state index contributed by atoms with van der Waals surface area (Å²) in [6, 6.07) is 2.93. The number of carbonyl (C=O) groups excluding carboxylic acids is 1. The van der Waals surface area contributed by atoms with Gasteiger partial charge in [-0.3, -0.25) is 14.9 Å². The largest absolute Gasteiger partial charge is 0.435 e. The highest BCUT2D eigenvalue weighted by molar-refractivity contribution is 6.07. The number of nitrogens with zero attached hydrogens (tertiary/aromatic N) is 2. The first-order chi connectivity index (χ1) is 15.2. The maximum atomic E-state index is 14.4. The summed E-state index contributed by atoms with van der Waals surface area (Å²) in [5.41, 5.74) is -13.9. The molecule has 0 aromatic heterocycles. The van der Waals surface area contributed by atoms with Crippen LogP contribution < -0.4 is 4.90 Å². The molecule has 0 spiro atoms. The second-order valence-corrected chi connectivity index (χ2v) is 7.01. The van der Waals surface area contributed by atoms with E-state index < -0.39 is 74.7 Å². The Bertz CT molecular complexity index is 1110. The highest BCUT2D eigenvalue weighted by Crippen LogP contribution is 2.54. The van der Waals surface area contributed by atoms with Crippen LogP contribution >= 0.6 is 0 Å². The number of halogens is 10. The molecule has 0 radical (unpaired) electrons. The molecule has 0 bridgehead atoms. The van der Waals surface area contributed by atoms with Crippen molar-refractivity contribution in [1.29, 1.82) is 0 Å².